The van der Waals surface area contributed by atoms with Crippen molar-refractivity contribution in [1.82, 2.24) is 5.32 Å². The third-order valence-corrected chi connectivity index (χ3v) is 5.66. The molecule has 0 unspecified atom stereocenters. The Balaban J connectivity index is 2.26. The minimum atomic E-state index is -3.79. The fourth-order valence-corrected chi connectivity index (χ4v) is 4.22. The zero-order chi connectivity index (χ0) is 20.2. The van der Waals surface area contributed by atoms with Crippen molar-refractivity contribution in [2.24, 2.45) is 0 Å². The molecule has 1 atom stereocenters. The van der Waals surface area contributed by atoms with Gasteiger partial charge in [-0.2, -0.15) is 0 Å². The van der Waals surface area contributed by atoms with E-state index in [-0.39, 0.29) is 17.3 Å². The molecule has 1 amide bonds. The van der Waals surface area contributed by atoms with E-state index in [1.54, 1.807) is 12.1 Å². The first-order chi connectivity index (χ1) is 12.6. The first kappa shape index (κ1) is 21.3. The number of hydrogen-bond donors (Lipinski definition) is 1. The van der Waals surface area contributed by atoms with Gasteiger partial charge < -0.3 is 10.1 Å². The Morgan fingerprint density at radius 1 is 1.22 bits per heavy atom. The third kappa shape index (κ3) is 5.28. The fraction of sp³-hybridized carbons (Fsp3) is 0.278. The SMILES string of the molecule is COc1ccccc1CNC(=O)[C@H](C)N(c1cc(Cl)ccc1Cl)S(C)(=O)=O. The summed E-state index contributed by atoms with van der Waals surface area (Å²) in [6.07, 6.45) is 1.01. The van der Waals surface area contributed by atoms with Crippen LogP contribution in [0, 0.1) is 0 Å². The number of methoxy groups -OCH3 is 1. The molecule has 0 fully saturated rings. The maximum Gasteiger partial charge on any atom is 0.243 e. The van der Waals surface area contributed by atoms with Gasteiger partial charge in [0.15, 0.2) is 0 Å². The van der Waals surface area contributed by atoms with Crippen molar-refractivity contribution in [2.45, 2.75) is 19.5 Å². The highest BCUT2D eigenvalue weighted by molar-refractivity contribution is 7.92. The number of nitrogens with zero attached hydrogens (tertiary/aromatic N) is 1. The first-order valence-electron chi connectivity index (χ1n) is 7.99. The highest BCUT2D eigenvalue weighted by Crippen LogP contribution is 2.32. The summed E-state index contributed by atoms with van der Waals surface area (Å²) in [5.41, 5.74) is 0.916. The van der Waals surface area contributed by atoms with Crippen LogP contribution in [0.4, 0.5) is 5.69 Å². The number of hydrogen-bond acceptors (Lipinski definition) is 4. The summed E-state index contributed by atoms with van der Waals surface area (Å²) in [4.78, 5) is 12.6. The lowest BCUT2D eigenvalue weighted by Gasteiger charge is -2.29. The van der Waals surface area contributed by atoms with Crippen LogP contribution in [0.2, 0.25) is 10.0 Å². The van der Waals surface area contributed by atoms with Crippen molar-refractivity contribution < 1.29 is 17.9 Å². The Hall–Kier alpha value is -1.96. The predicted octanol–water partition coefficient (Wildman–Crippen LogP) is 3.47. The van der Waals surface area contributed by atoms with Gasteiger partial charge in [0, 0.05) is 17.1 Å². The van der Waals surface area contributed by atoms with Gasteiger partial charge in [-0.15, -0.1) is 0 Å². The Morgan fingerprint density at radius 3 is 2.52 bits per heavy atom. The number of sulfonamides is 1. The van der Waals surface area contributed by atoms with E-state index < -0.39 is 22.0 Å². The molecule has 0 aliphatic heterocycles. The van der Waals surface area contributed by atoms with Crippen LogP contribution in [-0.2, 0) is 21.4 Å². The molecular formula is C18H20Cl2N2O4S. The lowest BCUT2D eigenvalue weighted by molar-refractivity contribution is -0.122. The number of halogens is 2. The highest BCUT2D eigenvalue weighted by Gasteiger charge is 2.30. The number of rotatable bonds is 7. The number of para-hydroxylation sites is 1. The molecular weight excluding hydrogens is 411 g/mol. The zero-order valence-electron chi connectivity index (χ0n) is 15.1. The molecule has 27 heavy (non-hydrogen) atoms. The second-order valence-electron chi connectivity index (χ2n) is 5.86. The maximum absolute atomic E-state index is 12.6. The first-order valence-corrected chi connectivity index (χ1v) is 10.6. The second kappa shape index (κ2) is 8.82. The summed E-state index contributed by atoms with van der Waals surface area (Å²) in [5.74, 6) is 0.144. The van der Waals surface area contributed by atoms with E-state index in [9.17, 15) is 13.2 Å². The quantitative estimate of drug-likeness (QED) is 0.729. The normalized spacial score (nSPS) is 12.3. The van der Waals surface area contributed by atoms with E-state index in [0.717, 1.165) is 16.1 Å². The monoisotopic (exact) mass is 430 g/mol. The molecule has 146 valence electrons. The van der Waals surface area contributed by atoms with Crippen molar-refractivity contribution in [2.75, 3.05) is 17.7 Å². The Labute approximate surface area is 169 Å². The smallest absolute Gasteiger partial charge is 0.243 e. The largest absolute Gasteiger partial charge is 0.496 e. The summed E-state index contributed by atoms with van der Waals surface area (Å²) >= 11 is 12.1. The van der Waals surface area contributed by atoms with E-state index in [1.807, 2.05) is 18.2 Å². The fourth-order valence-electron chi connectivity index (χ4n) is 2.61. The lowest BCUT2D eigenvalue weighted by atomic mass is 10.2. The average molecular weight is 431 g/mol. The Morgan fingerprint density at radius 2 is 1.89 bits per heavy atom. The molecule has 2 aromatic carbocycles. The number of benzene rings is 2. The van der Waals surface area contributed by atoms with Crippen molar-refractivity contribution in [3.8, 4) is 5.75 Å². The molecule has 2 aromatic rings. The molecule has 0 aromatic heterocycles. The molecule has 0 spiro atoms. The standard InChI is InChI=1S/C18H20Cl2N2O4S/c1-12(18(23)21-11-13-6-4-5-7-17(13)26-2)22(27(3,24)25)16-10-14(19)8-9-15(16)20/h4-10,12H,11H2,1-3H3,(H,21,23)/t12-/m0/s1. The van der Waals surface area contributed by atoms with E-state index in [0.29, 0.717) is 10.8 Å². The van der Waals surface area contributed by atoms with Gasteiger partial charge in [-0.3, -0.25) is 9.10 Å². The van der Waals surface area contributed by atoms with Gasteiger partial charge in [0.2, 0.25) is 15.9 Å². The second-order valence-corrected chi connectivity index (χ2v) is 8.56. The Bertz CT molecular complexity index is 935. The van der Waals surface area contributed by atoms with Gasteiger partial charge >= 0.3 is 0 Å². The van der Waals surface area contributed by atoms with E-state index >= 15 is 0 Å². The van der Waals surface area contributed by atoms with Crippen LogP contribution in [0.1, 0.15) is 12.5 Å². The molecule has 0 aliphatic carbocycles. The number of ether oxygens (including phenoxy) is 1. The number of amides is 1. The van der Waals surface area contributed by atoms with Gasteiger partial charge in [0.05, 0.1) is 24.1 Å². The van der Waals surface area contributed by atoms with Crippen LogP contribution in [-0.4, -0.2) is 33.7 Å². The topological polar surface area (TPSA) is 75.7 Å². The van der Waals surface area contributed by atoms with E-state index in [4.69, 9.17) is 27.9 Å². The molecule has 0 saturated heterocycles. The minimum Gasteiger partial charge on any atom is -0.496 e. The zero-order valence-corrected chi connectivity index (χ0v) is 17.4. The van der Waals surface area contributed by atoms with Crippen LogP contribution >= 0.6 is 23.2 Å². The molecule has 9 heteroatoms. The van der Waals surface area contributed by atoms with Gasteiger partial charge in [0.25, 0.3) is 0 Å². The van der Waals surface area contributed by atoms with Crippen LogP contribution in [0.15, 0.2) is 42.5 Å². The molecule has 0 bridgehead atoms. The Kier molecular flexibility index (Phi) is 6.97. The molecule has 0 aliphatic rings. The summed E-state index contributed by atoms with van der Waals surface area (Å²) in [6, 6.07) is 10.6. The van der Waals surface area contributed by atoms with Crippen LogP contribution in [0.3, 0.4) is 0 Å². The molecule has 2 rings (SSSR count). The maximum atomic E-state index is 12.6. The molecule has 0 saturated carbocycles. The third-order valence-electron chi connectivity index (χ3n) is 3.88. The molecule has 6 nitrogen and oxygen atoms in total. The number of nitrogens with one attached hydrogen (secondary N) is 1. The van der Waals surface area contributed by atoms with E-state index in [1.165, 1.54) is 26.2 Å². The van der Waals surface area contributed by atoms with Crippen LogP contribution < -0.4 is 14.4 Å². The highest BCUT2D eigenvalue weighted by atomic mass is 35.5. The summed E-state index contributed by atoms with van der Waals surface area (Å²) < 4.78 is 30.9. The van der Waals surface area contributed by atoms with Gasteiger partial charge in [-0.05, 0) is 31.2 Å². The molecule has 0 radical (unpaired) electrons. The lowest BCUT2D eigenvalue weighted by Crippen LogP contribution is -2.47. The van der Waals surface area contributed by atoms with Gasteiger partial charge in [0.1, 0.15) is 11.8 Å². The number of anilines is 1. The van der Waals surface area contributed by atoms with Crippen molar-refractivity contribution >= 4 is 44.8 Å². The van der Waals surface area contributed by atoms with Crippen LogP contribution in [0.5, 0.6) is 5.75 Å². The van der Waals surface area contributed by atoms with Crippen molar-refractivity contribution in [3.63, 3.8) is 0 Å². The number of carbonyl (C=O) groups is 1. The number of carbonyl (C=O) groups excluding carboxylic acids is 1. The van der Waals surface area contributed by atoms with Crippen LogP contribution in [0.25, 0.3) is 0 Å². The predicted molar refractivity (Wildman–Crippen MR) is 108 cm³/mol. The summed E-state index contributed by atoms with van der Waals surface area (Å²) in [6.45, 7) is 1.67. The molecule has 0 heterocycles. The summed E-state index contributed by atoms with van der Waals surface area (Å²) in [7, 11) is -2.26. The molecule has 1 N–H and O–H groups in total. The summed E-state index contributed by atoms with van der Waals surface area (Å²) in [5, 5.41) is 3.21. The average Bonchev–Trinajstić information content (AvgIpc) is 2.61. The van der Waals surface area contributed by atoms with Crippen molar-refractivity contribution in [1.29, 1.82) is 0 Å². The van der Waals surface area contributed by atoms with Gasteiger partial charge in [-0.25, -0.2) is 8.42 Å². The van der Waals surface area contributed by atoms with Gasteiger partial charge in [-0.1, -0.05) is 41.4 Å². The minimum absolute atomic E-state index is 0.145. The van der Waals surface area contributed by atoms with E-state index in [2.05, 4.69) is 5.32 Å². The van der Waals surface area contributed by atoms with Crippen molar-refractivity contribution in [3.05, 3.63) is 58.1 Å².